The van der Waals surface area contributed by atoms with E-state index < -0.39 is 0 Å². The van der Waals surface area contributed by atoms with E-state index in [0.717, 1.165) is 17.9 Å². The standard InChI is InChI=1S/C10H10ClO/c11-10-6-3-5-9(8-10)4-1-2-7-12/h3,5-6,8H,1-2,4H2. The number of hydrogen-bond donors (Lipinski definition) is 0. The number of hydrogen-bond acceptors (Lipinski definition) is 1. The van der Waals surface area contributed by atoms with Gasteiger partial charge >= 0.3 is 0 Å². The van der Waals surface area contributed by atoms with Gasteiger partial charge in [0.05, 0.1) is 0 Å². The molecular formula is C10H10ClO. The Morgan fingerprint density at radius 1 is 1.42 bits per heavy atom. The highest BCUT2D eigenvalue weighted by Gasteiger charge is 1.93. The summed E-state index contributed by atoms with van der Waals surface area (Å²) in [6, 6.07) is 7.70. The molecule has 0 spiro atoms. The van der Waals surface area contributed by atoms with Gasteiger partial charge in [0.25, 0.3) is 0 Å². The fourth-order valence-corrected chi connectivity index (χ4v) is 1.27. The molecule has 0 amide bonds. The van der Waals surface area contributed by atoms with E-state index in [4.69, 9.17) is 11.6 Å². The third kappa shape index (κ3) is 3.05. The molecule has 1 rings (SSSR count). The maximum atomic E-state index is 9.91. The maximum absolute atomic E-state index is 9.91. The largest absolute Gasteiger partial charge is 0.291 e. The minimum Gasteiger partial charge on any atom is -0.291 e. The fraction of sp³-hybridized carbons (Fsp3) is 0.300. The van der Waals surface area contributed by atoms with Crippen molar-refractivity contribution in [1.29, 1.82) is 0 Å². The zero-order valence-electron chi connectivity index (χ0n) is 6.72. The molecule has 0 aliphatic heterocycles. The summed E-state index contributed by atoms with van der Waals surface area (Å²) in [5.41, 5.74) is 1.18. The van der Waals surface area contributed by atoms with Crippen LogP contribution >= 0.6 is 11.6 Å². The molecule has 0 aromatic heterocycles. The minimum absolute atomic E-state index is 0.506. The molecule has 0 aliphatic rings. The Kier molecular flexibility index (Phi) is 3.81. The minimum atomic E-state index is 0.506. The van der Waals surface area contributed by atoms with Crippen LogP contribution in [0.3, 0.4) is 0 Å². The summed E-state index contributed by atoms with van der Waals surface area (Å²) in [7, 11) is 0. The van der Waals surface area contributed by atoms with Crippen LogP contribution in [0, 0.1) is 0 Å². The van der Waals surface area contributed by atoms with Gasteiger partial charge in [0.1, 0.15) is 0 Å². The molecule has 0 aliphatic carbocycles. The quantitative estimate of drug-likeness (QED) is 0.653. The van der Waals surface area contributed by atoms with Gasteiger partial charge in [-0.3, -0.25) is 4.79 Å². The maximum Gasteiger partial charge on any atom is 0.198 e. The Labute approximate surface area is 77.4 Å². The summed E-state index contributed by atoms with van der Waals surface area (Å²) >= 11 is 5.78. The molecule has 1 aromatic rings. The molecule has 0 saturated heterocycles. The lowest BCUT2D eigenvalue weighted by atomic mass is 10.1. The van der Waals surface area contributed by atoms with Crippen molar-refractivity contribution in [1.82, 2.24) is 0 Å². The molecule has 0 bridgehead atoms. The first-order chi connectivity index (χ1) is 5.83. The van der Waals surface area contributed by atoms with Crippen LogP contribution in [0.15, 0.2) is 24.3 Å². The molecule has 0 saturated carbocycles. The predicted octanol–water partition coefficient (Wildman–Crippen LogP) is 2.77. The molecule has 1 aromatic carbocycles. The molecule has 0 N–H and O–H groups in total. The topological polar surface area (TPSA) is 17.1 Å². The monoisotopic (exact) mass is 181 g/mol. The van der Waals surface area contributed by atoms with Crippen LogP contribution in [0.4, 0.5) is 0 Å². The van der Waals surface area contributed by atoms with Crippen LogP contribution in [0.25, 0.3) is 0 Å². The summed E-state index contributed by atoms with van der Waals surface area (Å²) < 4.78 is 0. The molecule has 0 fully saturated rings. The highest BCUT2D eigenvalue weighted by atomic mass is 35.5. The van der Waals surface area contributed by atoms with E-state index >= 15 is 0 Å². The fourth-order valence-electron chi connectivity index (χ4n) is 1.06. The first-order valence-corrected chi connectivity index (χ1v) is 4.30. The Morgan fingerprint density at radius 3 is 2.92 bits per heavy atom. The van der Waals surface area contributed by atoms with E-state index in [1.54, 1.807) is 0 Å². The molecule has 2 heteroatoms. The molecule has 1 nitrogen and oxygen atoms in total. The third-order valence-electron chi connectivity index (χ3n) is 1.63. The smallest absolute Gasteiger partial charge is 0.198 e. The van der Waals surface area contributed by atoms with E-state index in [1.165, 1.54) is 5.56 Å². The van der Waals surface area contributed by atoms with Crippen molar-refractivity contribution in [3.05, 3.63) is 34.9 Å². The number of halogens is 1. The zero-order valence-corrected chi connectivity index (χ0v) is 7.47. The molecular weight excluding hydrogens is 172 g/mol. The van der Waals surface area contributed by atoms with Crippen molar-refractivity contribution < 1.29 is 4.79 Å². The second-order valence-corrected chi connectivity index (χ2v) is 3.06. The Hall–Kier alpha value is -0.820. The lowest BCUT2D eigenvalue weighted by Crippen LogP contribution is -1.85. The summed E-state index contributed by atoms with van der Waals surface area (Å²) in [5, 5.41) is 0.752. The van der Waals surface area contributed by atoms with Crippen LogP contribution in [0.2, 0.25) is 5.02 Å². The van der Waals surface area contributed by atoms with Crippen molar-refractivity contribution in [3.8, 4) is 0 Å². The lowest BCUT2D eigenvalue weighted by Gasteiger charge is -1.98. The molecule has 63 valence electrons. The van der Waals surface area contributed by atoms with Crippen molar-refractivity contribution in [2.24, 2.45) is 0 Å². The van der Waals surface area contributed by atoms with Crippen LogP contribution in [-0.2, 0) is 11.2 Å². The first-order valence-electron chi connectivity index (χ1n) is 3.92. The van der Waals surface area contributed by atoms with Gasteiger partial charge in [-0.15, -0.1) is 0 Å². The van der Waals surface area contributed by atoms with Crippen LogP contribution in [0.5, 0.6) is 0 Å². The number of benzene rings is 1. The van der Waals surface area contributed by atoms with E-state index in [9.17, 15) is 4.79 Å². The molecule has 12 heavy (non-hydrogen) atoms. The van der Waals surface area contributed by atoms with Gasteiger partial charge in [-0.2, -0.15) is 0 Å². The van der Waals surface area contributed by atoms with Crippen LogP contribution < -0.4 is 0 Å². The first kappa shape index (κ1) is 9.27. The lowest BCUT2D eigenvalue weighted by molar-refractivity contribution is 0.548. The van der Waals surface area contributed by atoms with E-state index in [1.807, 2.05) is 30.6 Å². The number of carbonyl (C=O) groups excluding carboxylic acids is 1. The normalized spacial score (nSPS) is 9.75. The molecule has 0 unspecified atom stereocenters. The predicted molar refractivity (Wildman–Crippen MR) is 50.1 cm³/mol. The summed E-state index contributed by atoms with van der Waals surface area (Å²) in [4.78, 5) is 9.91. The van der Waals surface area contributed by atoms with Gasteiger partial charge in [0.2, 0.25) is 0 Å². The van der Waals surface area contributed by atoms with Crippen molar-refractivity contribution in [2.75, 3.05) is 0 Å². The van der Waals surface area contributed by atoms with Gasteiger partial charge in [0, 0.05) is 11.4 Å². The average molecular weight is 182 g/mol. The summed E-state index contributed by atoms with van der Waals surface area (Å²) in [5.74, 6) is 0. The average Bonchev–Trinajstić information content (AvgIpc) is 2.05. The third-order valence-corrected chi connectivity index (χ3v) is 1.87. The van der Waals surface area contributed by atoms with E-state index in [2.05, 4.69) is 0 Å². The zero-order chi connectivity index (χ0) is 8.81. The van der Waals surface area contributed by atoms with Gasteiger partial charge in [-0.25, -0.2) is 0 Å². The van der Waals surface area contributed by atoms with Gasteiger partial charge in [-0.05, 0) is 30.5 Å². The second kappa shape index (κ2) is 4.94. The van der Waals surface area contributed by atoms with Crippen molar-refractivity contribution in [3.63, 3.8) is 0 Å². The van der Waals surface area contributed by atoms with Gasteiger partial charge < -0.3 is 0 Å². The Morgan fingerprint density at radius 2 is 2.25 bits per heavy atom. The van der Waals surface area contributed by atoms with Crippen LogP contribution in [-0.4, -0.2) is 6.29 Å². The number of unbranched alkanes of at least 4 members (excludes halogenated alkanes) is 1. The van der Waals surface area contributed by atoms with E-state index in [-0.39, 0.29) is 0 Å². The van der Waals surface area contributed by atoms with Crippen molar-refractivity contribution in [2.45, 2.75) is 19.3 Å². The van der Waals surface area contributed by atoms with Gasteiger partial charge in [-0.1, -0.05) is 23.7 Å². The van der Waals surface area contributed by atoms with Crippen LogP contribution in [0.1, 0.15) is 18.4 Å². The van der Waals surface area contributed by atoms with E-state index in [0.29, 0.717) is 6.42 Å². The Balaban J connectivity index is 2.46. The SMILES string of the molecule is O=[C]CCCc1cccc(Cl)c1. The summed E-state index contributed by atoms with van der Waals surface area (Å²) in [6.07, 6.45) is 4.13. The molecule has 1 radical (unpaired) electrons. The molecule has 0 atom stereocenters. The van der Waals surface area contributed by atoms with Crippen molar-refractivity contribution >= 4 is 17.9 Å². The highest BCUT2D eigenvalue weighted by Crippen LogP contribution is 2.12. The Bertz CT molecular complexity index is 258. The second-order valence-electron chi connectivity index (χ2n) is 2.63. The summed E-state index contributed by atoms with van der Waals surface area (Å²) in [6.45, 7) is 0. The van der Waals surface area contributed by atoms with Gasteiger partial charge in [0.15, 0.2) is 6.29 Å². The molecule has 0 heterocycles. The highest BCUT2D eigenvalue weighted by molar-refractivity contribution is 6.30. The number of rotatable bonds is 4. The number of aryl methyl sites for hydroxylation is 1.